The standard InChI is InChI=1S/C20H10Cl3NO2S2/c21-12-2-4-13(5-3-12)24-19(25)18(28-20(24)27)10-14-6-8-17(26-14)11-1-7-15(22)16(23)9-11/h1-10H/b18-10+. The van der Waals surface area contributed by atoms with Crippen LogP contribution in [0, 0.1) is 0 Å². The fourth-order valence-electron chi connectivity index (χ4n) is 2.64. The number of rotatable bonds is 3. The smallest absolute Gasteiger partial charge is 0.270 e. The number of halogens is 3. The van der Waals surface area contributed by atoms with Gasteiger partial charge in [0, 0.05) is 16.7 Å². The van der Waals surface area contributed by atoms with Crippen molar-refractivity contribution < 1.29 is 9.21 Å². The lowest BCUT2D eigenvalue weighted by atomic mass is 10.2. The van der Waals surface area contributed by atoms with E-state index in [0.29, 0.717) is 41.5 Å². The molecule has 3 nitrogen and oxygen atoms in total. The molecule has 2 heterocycles. The molecule has 1 aliphatic rings. The summed E-state index contributed by atoms with van der Waals surface area (Å²) in [5.74, 6) is 0.959. The lowest BCUT2D eigenvalue weighted by molar-refractivity contribution is -0.113. The molecular weight excluding hydrogens is 457 g/mol. The number of hydrogen-bond acceptors (Lipinski definition) is 4. The topological polar surface area (TPSA) is 33.5 Å². The number of carbonyl (C=O) groups is 1. The zero-order valence-electron chi connectivity index (χ0n) is 14.0. The lowest BCUT2D eigenvalue weighted by Gasteiger charge is -2.14. The van der Waals surface area contributed by atoms with E-state index >= 15 is 0 Å². The summed E-state index contributed by atoms with van der Waals surface area (Å²) >= 11 is 24.5. The van der Waals surface area contributed by atoms with E-state index in [2.05, 4.69) is 0 Å². The number of furan rings is 1. The second kappa shape index (κ2) is 7.93. The average Bonchev–Trinajstić information content (AvgIpc) is 3.24. The van der Waals surface area contributed by atoms with E-state index in [-0.39, 0.29) is 5.91 Å². The molecule has 1 saturated heterocycles. The first-order valence-corrected chi connectivity index (χ1v) is 10.4. The van der Waals surface area contributed by atoms with Crippen molar-refractivity contribution in [2.24, 2.45) is 0 Å². The Hall–Kier alpha value is -1.76. The van der Waals surface area contributed by atoms with Crippen molar-refractivity contribution in [1.82, 2.24) is 0 Å². The Kier molecular flexibility index (Phi) is 5.54. The van der Waals surface area contributed by atoms with Gasteiger partial charge in [-0.05, 0) is 54.6 Å². The van der Waals surface area contributed by atoms with Crippen molar-refractivity contribution in [2.75, 3.05) is 4.90 Å². The Morgan fingerprint density at radius 2 is 1.71 bits per heavy atom. The van der Waals surface area contributed by atoms with Gasteiger partial charge in [0.15, 0.2) is 4.32 Å². The number of thioether (sulfide) groups is 1. The Bertz CT molecular complexity index is 1120. The van der Waals surface area contributed by atoms with E-state index in [0.717, 1.165) is 5.56 Å². The van der Waals surface area contributed by atoms with Crippen molar-refractivity contribution in [1.29, 1.82) is 0 Å². The molecule has 1 fully saturated rings. The number of nitrogens with zero attached hydrogens (tertiary/aromatic N) is 1. The van der Waals surface area contributed by atoms with Crippen LogP contribution in [0.1, 0.15) is 5.76 Å². The van der Waals surface area contributed by atoms with E-state index in [9.17, 15) is 4.79 Å². The second-order valence-corrected chi connectivity index (χ2v) is 8.75. The lowest BCUT2D eigenvalue weighted by Crippen LogP contribution is -2.27. The Balaban J connectivity index is 1.60. The zero-order valence-corrected chi connectivity index (χ0v) is 17.9. The molecule has 0 spiro atoms. The van der Waals surface area contributed by atoms with Gasteiger partial charge in [0.05, 0.1) is 20.6 Å². The summed E-state index contributed by atoms with van der Waals surface area (Å²) in [7, 11) is 0. The Labute approximate surface area is 185 Å². The summed E-state index contributed by atoms with van der Waals surface area (Å²) in [6.45, 7) is 0. The van der Waals surface area contributed by atoms with Crippen molar-refractivity contribution in [3.05, 3.63) is 80.3 Å². The monoisotopic (exact) mass is 465 g/mol. The zero-order chi connectivity index (χ0) is 19.8. The van der Waals surface area contributed by atoms with Crippen LogP contribution in [0.5, 0.6) is 0 Å². The molecule has 0 unspecified atom stereocenters. The van der Waals surface area contributed by atoms with Crippen molar-refractivity contribution in [3.8, 4) is 11.3 Å². The van der Waals surface area contributed by atoms with Crippen LogP contribution >= 0.6 is 58.8 Å². The van der Waals surface area contributed by atoms with Crippen LogP contribution in [0.2, 0.25) is 15.1 Å². The Morgan fingerprint density at radius 1 is 0.964 bits per heavy atom. The van der Waals surface area contributed by atoms with Gasteiger partial charge in [-0.2, -0.15) is 0 Å². The summed E-state index contributed by atoms with van der Waals surface area (Å²) in [5, 5.41) is 1.51. The fourth-order valence-corrected chi connectivity index (χ4v) is 4.35. The second-order valence-electron chi connectivity index (χ2n) is 5.82. The predicted molar refractivity (Wildman–Crippen MR) is 121 cm³/mol. The van der Waals surface area contributed by atoms with Crippen LogP contribution in [-0.4, -0.2) is 10.2 Å². The third-order valence-electron chi connectivity index (χ3n) is 3.98. The van der Waals surface area contributed by atoms with Crippen molar-refractivity contribution in [2.45, 2.75) is 0 Å². The SMILES string of the molecule is O=C1/C(=C\c2ccc(-c3ccc(Cl)c(Cl)c3)o2)SC(=S)N1c1ccc(Cl)cc1. The summed E-state index contributed by atoms with van der Waals surface area (Å²) in [4.78, 5) is 14.8. The summed E-state index contributed by atoms with van der Waals surface area (Å²) in [6.07, 6.45) is 1.68. The van der Waals surface area contributed by atoms with Gasteiger partial charge in [-0.15, -0.1) is 0 Å². The van der Waals surface area contributed by atoms with Crippen LogP contribution in [0.25, 0.3) is 17.4 Å². The molecule has 1 amide bonds. The maximum absolute atomic E-state index is 12.8. The summed E-state index contributed by atoms with van der Waals surface area (Å²) < 4.78 is 6.30. The third-order valence-corrected chi connectivity index (χ3v) is 6.28. The molecule has 0 aliphatic carbocycles. The maximum Gasteiger partial charge on any atom is 0.270 e. The van der Waals surface area contributed by atoms with Gasteiger partial charge < -0.3 is 4.42 Å². The highest BCUT2D eigenvalue weighted by atomic mass is 35.5. The van der Waals surface area contributed by atoms with Crippen LogP contribution in [-0.2, 0) is 4.79 Å². The number of anilines is 1. The maximum atomic E-state index is 12.8. The van der Waals surface area contributed by atoms with Crippen LogP contribution in [0.3, 0.4) is 0 Å². The highest BCUT2D eigenvalue weighted by Gasteiger charge is 2.33. The van der Waals surface area contributed by atoms with E-state index in [1.54, 1.807) is 48.5 Å². The molecule has 0 N–H and O–H groups in total. The molecule has 0 atom stereocenters. The van der Waals surface area contributed by atoms with Gasteiger partial charge in [0.2, 0.25) is 0 Å². The van der Waals surface area contributed by atoms with Gasteiger partial charge in [0.25, 0.3) is 5.91 Å². The molecule has 8 heteroatoms. The highest BCUT2D eigenvalue weighted by molar-refractivity contribution is 8.27. The van der Waals surface area contributed by atoms with Gasteiger partial charge >= 0.3 is 0 Å². The molecule has 0 bridgehead atoms. The van der Waals surface area contributed by atoms with Gasteiger partial charge in [0.1, 0.15) is 11.5 Å². The van der Waals surface area contributed by atoms with E-state index < -0.39 is 0 Å². The Morgan fingerprint density at radius 3 is 2.43 bits per heavy atom. The molecule has 1 aromatic heterocycles. The first-order chi connectivity index (χ1) is 13.4. The number of hydrogen-bond donors (Lipinski definition) is 0. The molecule has 0 saturated carbocycles. The predicted octanol–water partition coefficient (Wildman–Crippen LogP) is 7.31. The van der Waals surface area contributed by atoms with E-state index in [1.807, 2.05) is 12.1 Å². The number of benzene rings is 2. The molecule has 140 valence electrons. The molecule has 1 aliphatic heterocycles. The number of carbonyl (C=O) groups excluding carboxylic acids is 1. The van der Waals surface area contributed by atoms with Crippen LogP contribution < -0.4 is 4.90 Å². The van der Waals surface area contributed by atoms with E-state index in [4.69, 9.17) is 51.4 Å². The molecule has 28 heavy (non-hydrogen) atoms. The van der Waals surface area contributed by atoms with Crippen LogP contribution in [0.15, 0.2) is 63.9 Å². The molecule has 3 aromatic rings. The first kappa shape index (κ1) is 19.6. The fraction of sp³-hybridized carbons (Fsp3) is 0. The number of amides is 1. The first-order valence-electron chi connectivity index (χ1n) is 8.01. The average molecular weight is 467 g/mol. The molecular formula is C20H10Cl3NO2S2. The molecule has 2 aromatic carbocycles. The van der Waals surface area contributed by atoms with Crippen molar-refractivity contribution >= 4 is 80.8 Å². The minimum atomic E-state index is -0.204. The summed E-state index contributed by atoms with van der Waals surface area (Å²) in [5.41, 5.74) is 1.47. The largest absolute Gasteiger partial charge is 0.457 e. The van der Waals surface area contributed by atoms with E-state index in [1.165, 1.54) is 16.7 Å². The normalized spacial score (nSPS) is 15.7. The third kappa shape index (κ3) is 3.86. The van der Waals surface area contributed by atoms with Crippen LogP contribution in [0.4, 0.5) is 5.69 Å². The number of thiocarbonyl (C=S) groups is 1. The summed E-state index contributed by atoms with van der Waals surface area (Å²) in [6, 6.07) is 15.8. The quantitative estimate of drug-likeness (QED) is 0.299. The van der Waals surface area contributed by atoms with Gasteiger partial charge in [-0.1, -0.05) is 58.8 Å². The highest BCUT2D eigenvalue weighted by Crippen LogP contribution is 2.37. The van der Waals surface area contributed by atoms with Crippen molar-refractivity contribution in [3.63, 3.8) is 0 Å². The molecule has 4 rings (SSSR count). The molecule has 0 radical (unpaired) electrons. The van der Waals surface area contributed by atoms with Gasteiger partial charge in [-0.25, -0.2) is 0 Å². The minimum Gasteiger partial charge on any atom is -0.457 e. The minimum absolute atomic E-state index is 0.204. The van der Waals surface area contributed by atoms with Gasteiger partial charge in [-0.3, -0.25) is 9.69 Å².